The third-order valence-electron chi connectivity index (χ3n) is 1.70. The van der Waals surface area contributed by atoms with Crippen LogP contribution in [0.3, 0.4) is 0 Å². The smallest absolute Gasteiger partial charge is 0.310 e. The first kappa shape index (κ1) is 11.0. The Morgan fingerprint density at radius 3 is 2.86 bits per heavy atom. The van der Waals surface area contributed by atoms with Gasteiger partial charge in [0, 0.05) is 10.2 Å². The largest absolute Gasteiger partial charge is 0.469 e. The van der Waals surface area contributed by atoms with Gasteiger partial charge in [-0.15, -0.1) is 0 Å². The summed E-state index contributed by atoms with van der Waals surface area (Å²) >= 11 is 3.17. The van der Waals surface area contributed by atoms with Crippen LogP contribution >= 0.6 is 15.9 Å². The molecule has 3 nitrogen and oxygen atoms in total. The number of ether oxygens (including phenoxy) is 1. The van der Waals surface area contributed by atoms with Gasteiger partial charge in [-0.3, -0.25) is 4.79 Å². The molecule has 0 saturated heterocycles. The van der Waals surface area contributed by atoms with E-state index in [4.69, 9.17) is 5.73 Å². The number of hydrogen-bond donors (Lipinski definition) is 1. The van der Waals surface area contributed by atoms with Gasteiger partial charge in [-0.05, 0) is 33.6 Å². The van der Waals surface area contributed by atoms with Crippen LogP contribution in [0.15, 0.2) is 16.6 Å². The predicted octanol–water partition coefficient (Wildman–Crippen LogP) is 1.89. The van der Waals surface area contributed by atoms with E-state index >= 15 is 0 Å². The molecule has 0 amide bonds. The number of nitrogens with two attached hydrogens (primary N) is 1. The van der Waals surface area contributed by atoms with Gasteiger partial charge < -0.3 is 10.5 Å². The highest BCUT2D eigenvalue weighted by Crippen LogP contribution is 2.25. The summed E-state index contributed by atoms with van der Waals surface area (Å²) in [6, 6.07) is 2.43. The first-order valence-corrected chi connectivity index (χ1v) is 4.64. The van der Waals surface area contributed by atoms with Gasteiger partial charge in [-0.25, -0.2) is 4.39 Å². The lowest BCUT2D eigenvalue weighted by Gasteiger charge is -2.06. The molecule has 0 aliphatic heterocycles. The molecular formula is C9H9BrFNO2. The van der Waals surface area contributed by atoms with Crippen LogP contribution in [0.4, 0.5) is 10.1 Å². The molecule has 5 heteroatoms. The molecule has 0 radical (unpaired) electrons. The van der Waals surface area contributed by atoms with Gasteiger partial charge in [-0.2, -0.15) is 0 Å². The second-order valence-electron chi connectivity index (χ2n) is 2.72. The van der Waals surface area contributed by atoms with Crippen LogP contribution in [0.1, 0.15) is 5.56 Å². The second-order valence-corrected chi connectivity index (χ2v) is 3.51. The van der Waals surface area contributed by atoms with Gasteiger partial charge >= 0.3 is 5.97 Å². The molecule has 0 atom stereocenters. The standard InChI is InChI=1S/C9H9BrFNO2/c1-14-8(13)3-5-2-6(11)4-7(12)9(5)10/h2,4H,3,12H2,1H3. The zero-order valence-electron chi connectivity index (χ0n) is 7.51. The highest BCUT2D eigenvalue weighted by atomic mass is 79.9. The molecule has 2 N–H and O–H groups in total. The number of anilines is 1. The maximum atomic E-state index is 12.9. The van der Waals surface area contributed by atoms with Crippen molar-refractivity contribution in [2.75, 3.05) is 12.8 Å². The van der Waals surface area contributed by atoms with Crippen molar-refractivity contribution in [3.05, 3.63) is 28.0 Å². The van der Waals surface area contributed by atoms with Crippen molar-refractivity contribution in [1.29, 1.82) is 0 Å². The van der Waals surface area contributed by atoms with Crippen molar-refractivity contribution in [2.24, 2.45) is 0 Å². The van der Waals surface area contributed by atoms with Gasteiger partial charge in [0.25, 0.3) is 0 Å². The fourth-order valence-electron chi connectivity index (χ4n) is 1.03. The van der Waals surface area contributed by atoms with Crippen molar-refractivity contribution < 1.29 is 13.9 Å². The van der Waals surface area contributed by atoms with Gasteiger partial charge in [-0.1, -0.05) is 0 Å². The molecule has 0 spiro atoms. The molecule has 0 aliphatic rings. The Bertz CT molecular complexity index is 368. The van der Waals surface area contributed by atoms with Crippen LogP contribution < -0.4 is 5.73 Å². The quantitative estimate of drug-likeness (QED) is 0.654. The summed E-state index contributed by atoms with van der Waals surface area (Å²) in [6.07, 6.45) is -0.000949. The number of nitrogen functional groups attached to an aromatic ring is 1. The van der Waals surface area contributed by atoms with Crippen molar-refractivity contribution >= 4 is 27.6 Å². The van der Waals surface area contributed by atoms with Gasteiger partial charge in [0.1, 0.15) is 5.82 Å². The number of benzene rings is 1. The number of hydrogen-bond acceptors (Lipinski definition) is 3. The van der Waals surface area contributed by atoms with Crippen LogP contribution in [0.25, 0.3) is 0 Å². The molecule has 0 fully saturated rings. The molecule has 1 rings (SSSR count). The highest BCUT2D eigenvalue weighted by molar-refractivity contribution is 9.10. The Balaban J connectivity index is 3.02. The summed E-state index contributed by atoms with van der Waals surface area (Å²) in [4.78, 5) is 10.9. The normalized spacial score (nSPS) is 9.93. The lowest BCUT2D eigenvalue weighted by Crippen LogP contribution is -2.06. The maximum absolute atomic E-state index is 12.9. The summed E-state index contributed by atoms with van der Waals surface area (Å²) < 4.78 is 17.9. The van der Waals surface area contributed by atoms with Crippen molar-refractivity contribution in [3.63, 3.8) is 0 Å². The molecule has 0 bridgehead atoms. The van der Waals surface area contributed by atoms with E-state index in [1.54, 1.807) is 0 Å². The van der Waals surface area contributed by atoms with Crippen LogP contribution in [0, 0.1) is 5.82 Å². The van der Waals surface area contributed by atoms with Gasteiger partial charge in [0.2, 0.25) is 0 Å². The Labute approximate surface area is 89.2 Å². The first-order valence-electron chi connectivity index (χ1n) is 3.84. The Morgan fingerprint density at radius 2 is 2.29 bits per heavy atom. The Hall–Kier alpha value is -1.10. The minimum atomic E-state index is -0.468. The SMILES string of the molecule is COC(=O)Cc1cc(F)cc(N)c1Br. The van der Waals surface area contributed by atoms with E-state index in [9.17, 15) is 9.18 Å². The lowest BCUT2D eigenvalue weighted by molar-refractivity contribution is -0.139. The number of methoxy groups -OCH3 is 1. The monoisotopic (exact) mass is 261 g/mol. The number of rotatable bonds is 2. The minimum Gasteiger partial charge on any atom is -0.469 e. The van der Waals surface area contributed by atoms with Gasteiger partial charge in [0.15, 0.2) is 0 Å². The van der Waals surface area contributed by atoms with Crippen molar-refractivity contribution in [1.82, 2.24) is 0 Å². The zero-order chi connectivity index (χ0) is 10.7. The molecule has 0 saturated carbocycles. The third kappa shape index (κ3) is 2.45. The molecule has 1 aromatic carbocycles. The zero-order valence-corrected chi connectivity index (χ0v) is 9.10. The average Bonchev–Trinajstić information content (AvgIpc) is 2.13. The van der Waals surface area contributed by atoms with Crippen LogP contribution in [-0.2, 0) is 16.0 Å². The summed E-state index contributed by atoms with van der Waals surface area (Å²) in [5.41, 5.74) is 6.25. The number of halogens is 2. The average molecular weight is 262 g/mol. The van der Waals surface area contributed by atoms with E-state index < -0.39 is 11.8 Å². The summed E-state index contributed by atoms with van der Waals surface area (Å²) in [5.74, 6) is -0.902. The highest BCUT2D eigenvalue weighted by Gasteiger charge is 2.10. The summed E-state index contributed by atoms with van der Waals surface area (Å²) in [6.45, 7) is 0. The number of carbonyl (C=O) groups is 1. The Kier molecular flexibility index (Phi) is 3.46. The van der Waals surface area contributed by atoms with E-state index in [0.717, 1.165) is 0 Å². The van der Waals surface area contributed by atoms with E-state index in [1.165, 1.54) is 19.2 Å². The van der Waals surface area contributed by atoms with Crippen LogP contribution in [0.2, 0.25) is 0 Å². The summed E-state index contributed by atoms with van der Waals surface area (Å²) in [5, 5.41) is 0. The predicted molar refractivity (Wildman–Crippen MR) is 54.2 cm³/mol. The molecule has 0 unspecified atom stereocenters. The molecular weight excluding hydrogens is 253 g/mol. The number of carbonyl (C=O) groups excluding carboxylic acids is 1. The molecule has 0 aromatic heterocycles. The molecule has 1 aromatic rings. The minimum absolute atomic E-state index is 0.000949. The van der Waals surface area contributed by atoms with E-state index in [-0.39, 0.29) is 12.1 Å². The third-order valence-corrected chi connectivity index (χ3v) is 2.67. The molecule has 14 heavy (non-hydrogen) atoms. The van der Waals surface area contributed by atoms with Crippen molar-refractivity contribution in [3.8, 4) is 0 Å². The second kappa shape index (κ2) is 4.41. The Morgan fingerprint density at radius 1 is 1.64 bits per heavy atom. The molecule has 0 aliphatic carbocycles. The fourth-order valence-corrected chi connectivity index (χ4v) is 1.39. The fraction of sp³-hybridized carbons (Fsp3) is 0.222. The van der Waals surface area contributed by atoms with Gasteiger partial charge in [0.05, 0.1) is 13.5 Å². The molecule has 0 heterocycles. The lowest BCUT2D eigenvalue weighted by atomic mass is 10.1. The van der Waals surface area contributed by atoms with E-state index in [1.807, 2.05) is 0 Å². The summed E-state index contributed by atoms with van der Waals surface area (Å²) in [7, 11) is 1.28. The van der Waals surface area contributed by atoms with Crippen LogP contribution in [-0.4, -0.2) is 13.1 Å². The maximum Gasteiger partial charge on any atom is 0.310 e. The van der Waals surface area contributed by atoms with Crippen LogP contribution in [0.5, 0.6) is 0 Å². The van der Waals surface area contributed by atoms with E-state index in [2.05, 4.69) is 20.7 Å². The molecule has 76 valence electrons. The first-order chi connectivity index (χ1) is 6.54. The number of esters is 1. The van der Waals surface area contributed by atoms with E-state index in [0.29, 0.717) is 10.0 Å². The van der Waals surface area contributed by atoms with Crippen molar-refractivity contribution in [2.45, 2.75) is 6.42 Å². The topological polar surface area (TPSA) is 52.3 Å².